The Morgan fingerprint density at radius 2 is 1.94 bits per heavy atom. The van der Waals surface area contributed by atoms with E-state index in [9.17, 15) is 0 Å². The molecule has 1 unspecified atom stereocenters. The molecule has 0 saturated carbocycles. The first kappa shape index (κ1) is 12.3. The molecule has 2 heteroatoms. The summed E-state index contributed by atoms with van der Waals surface area (Å²) in [6.07, 6.45) is 2.28. The highest BCUT2D eigenvalue weighted by molar-refractivity contribution is 7.07. The Kier molecular flexibility index (Phi) is 4.35. The predicted octanol–water partition coefficient (Wildman–Crippen LogP) is 3.95. The van der Waals surface area contributed by atoms with Gasteiger partial charge in [-0.15, -0.1) is 0 Å². The molecule has 1 N–H and O–H groups in total. The highest BCUT2D eigenvalue weighted by atomic mass is 32.1. The minimum Gasteiger partial charge on any atom is -0.313 e. The molecule has 0 spiro atoms. The smallest absolute Gasteiger partial charge is 0.0328 e. The summed E-state index contributed by atoms with van der Waals surface area (Å²) in [5, 5.41) is 7.77. The van der Waals surface area contributed by atoms with Crippen LogP contribution >= 0.6 is 11.3 Å². The number of benzene rings is 1. The number of nitrogens with one attached hydrogen (secondary N) is 1. The molecule has 0 fully saturated rings. The van der Waals surface area contributed by atoms with Gasteiger partial charge in [-0.25, -0.2) is 0 Å². The Hall–Kier alpha value is -1.12. The molecule has 0 bridgehead atoms. The van der Waals surface area contributed by atoms with E-state index in [4.69, 9.17) is 0 Å². The quantitative estimate of drug-likeness (QED) is 0.841. The Morgan fingerprint density at radius 3 is 2.53 bits per heavy atom. The van der Waals surface area contributed by atoms with Crippen LogP contribution in [0.5, 0.6) is 0 Å². The van der Waals surface area contributed by atoms with Crippen LogP contribution in [0.4, 0.5) is 0 Å². The van der Waals surface area contributed by atoms with Gasteiger partial charge in [0.15, 0.2) is 0 Å². The zero-order chi connectivity index (χ0) is 12.1. The standard InChI is InChI=1S/C15H19NS/c1-12-3-5-13(6-4-12)7-8-15(16-2)14-9-10-17-11-14/h3-6,9-11,15-16H,7-8H2,1-2H3. The largest absolute Gasteiger partial charge is 0.313 e. The molecule has 0 aliphatic heterocycles. The fourth-order valence-electron chi connectivity index (χ4n) is 2.02. The van der Waals surface area contributed by atoms with E-state index in [1.165, 1.54) is 16.7 Å². The maximum atomic E-state index is 3.39. The molecule has 1 nitrogen and oxygen atoms in total. The summed E-state index contributed by atoms with van der Waals surface area (Å²) in [5.41, 5.74) is 4.16. The summed E-state index contributed by atoms with van der Waals surface area (Å²) in [6.45, 7) is 2.13. The molecule has 2 aromatic rings. The Labute approximate surface area is 108 Å². The van der Waals surface area contributed by atoms with Crippen LogP contribution < -0.4 is 5.32 Å². The SMILES string of the molecule is CNC(CCc1ccc(C)cc1)c1ccsc1. The van der Waals surface area contributed by atoms with Crippen LogP contribution in [0.15, 0.2) is 41.1 Å². The summed E-state index contributed by atoms with van der Waals surface area (Å²) in [7, 11) is 2.04. The monoisotopic (exact) mass is 245 g/mol. The first-order valence-electron chi connectivity index (χ1n) is 6.04. The lowest BCUT2D eigenvalue weighted by molar-refractivity contribution is 0.551. The molecule has 0 amide bonds. The molecule has 0 radical (unpaired) electrons. The third kappa shape index (κ3) is 3.42. The Bertz CT molecular complexity index is 430. The summed E-state index contributed by atoms with van der Waals surface area (Å²) in [4.78, 5) is 0. The number of thiophene rings is 1. The molecule has 0 aliphatic rings. The summed E-state index contributed by atoms with van der Waals surface area (Å²) in [5.74, 6) is 0. The number of aryl methyl sites for hydroxylation is 2. The summed E-state index contributed by atoms with van der Waals surface area (Å²) < 4.78 is 0. The molecule has 1 atom stereocenters. The van der Waals surface area contributed by atoms with Crippen molar-refractivity contribution >= 4 is 11.3 Å². The van der Waals surface area contributed by atoms with Gasteiger partial charge in [0, 0.05) is 6.04 Å². The van der Waals surface area contributed by atoms with Crippen LogP contribution in [0.3, 0.4) is 0 Å². The molecule has 17 heavy (non-hydrogen) atoms. The average molecular weight is 245 g/mol. The molecule has 2 rings (SSSR count). The van der Waals surface area contributed by atoms with Crippen molar-refractivity contribution in [3.8, 4) is 0 Å². The molecule has 1 aromatic carbocycles. The fraction of sp³-hybridized carbons (Fsp3) is 0.333. The molecule has 90 valence electrons. The van der Waals surface area contributed by atoms with E-state index in [2.05, 4.69) is 53.3 Å². The summed E-state index contributed by atoms with van der Waals surface area (Å²) in [6, 6.07) is 11.5. The van der Waals surface area contributed by atoms with Crippen LogP contribution in [-0.4, -0.2) is 7.05 Å². The number of hydrogen-bond acceptors (Lipinski definition) is 2. The van der Waals surface area contributed by atoms with Crippen LogP contribution in [-0.2, 0) is 6.42 Å². The van der Waals surface area contributed by atoms with Crippen LogP contribution in [0.1, 0.15) is 29.2 Å². The van der Waals surface area contributed by atoms with Gasteiger partial charge in [-0.3, -0.25) is 0 Å². The molecule has 1 aromatic heterocycles. The minimum atomic E-state index is 0.475. The predicted molar refractivity (Wildman–Crippen MR) is 75.6 cm³/mol. The normalized spacial score (nSPS) is 12.6. The van der Waals surface area contributed by atoms with Gasteiger partial charge in [-0.2, -0.15) is 11.3 Å². The van der Waals surface area contributed by atoms with Crippen LogP contribution in [0.25, 0.3) is 0 Å². The third-order valence-electron chi connectivity index (χ3n) is 3.14. The lowest BCUT2D eigenvalue weighted by atomic mass is 10.0. The fourth-order valence-corrected chi connectivity index (χ4v) is 2.73. The molecule has 0 saturated heterocycles. The number of rotatable bonds is 5. The van der Waals surface area contributed by atoms with Crippen molar-refractivity contribution in [3.05, 3.63) is 57.8 Å². The van der Waals surface area contributed by atoms with E-state index in [1.807, 2.05) is 7.05 Å². The zero-order valence-electron chi connectivity index (χ0n) is 10.4. The average Bonchev–Trinajstić information content (AvgIpc) is 2.86. The molecular formula is C15H19NS. The lowest BCUT2D eigenvalue weighted by Gasteiger charge is -2.14. The zero-order valence-corrected chi connectivity index (χ0v) is 11.3. The van der Waals surface area contributed by atoms with E-state index in [1.54, 1.807) is 11.3 Å². The van der Waals surface area contributed by atoms with Gasteiger partial charge in [0.1, 0.15) is 0 Å². The van der Waals surface area contributed by atoms with E-state index in [0.29, 0.717) is 6.04 Å². The van der Waals surface area contributed by atoms with Gasteiger partial charge >= 0.3 is 0 Å². The topological polar surface area (TPSA) is 12.0 Å². The van der Waals surface area contributed by atoms with Gasteiger partial charge in [0.2, 0.25) is 0 Å². The third-order valence-corrected chi connectivity index (χ3v) is 3.84. The van der Waals surface area contributed by atoms with Crippen LogP contribution in [0.2, 0.25) is 0 Å². The maximum Gasteiger partial charge on any atom is 0.0328 e. The molecular weight excluding hydrogens is 226 g/mol. The van der Waals surface area contributed by atoms with Crippen molar-refractivity contribution < 1.29 is 0 Å². The van der Waals surface area contributed by atoms with Crippen molar-refractivity contribution in [1.82, 2.24) is 5.32 Å². The van der Waals surface area contributed by atoms with E-state index in [-0.39, 0.29) is 0 Å². The van der Waals surface area contributed by atoms with Gasteiger partial charge in [-0.1, -0.05) is 29.8 Å². The number of hydrogen-bond donors (Lipinski definition) is 1. The van der Waals surface area contributed by atoms with Crippen LogP contribution in [0, 0.1) is 6.92 Å². The van der Waals surface area contributed by atoms with Crippen molar-refractivity contribution in [2.45, 2.75) is 25.8 Å². The van der Waals surface area contributed by atoms with Gasteiger partial charge in [0.25, 0.3) is 0 Å². The van der Waals surface area contributed by atoms with Gasteiger partial charge in [0.05, 0.1) is 0 Å². The molecule has 0 aliphatic carbocycles. The van der Waals surface area contributed by atoms with Crippen molar-refractivity contribution in [1.29, 1.82) is 0 Å². The lowest BCUT2D eigenvalue weighted by Crippen LogP contribution is -2.16. The van der Waals surface area contributed by atoms with E-state index in [0.717, 1.165) is 12.8 Å². The molecule has 1 heterocycles. The highest BCUT2D eigenvalue weighted by Gasteiger charge is 2.09. The van der Waals surface area contributed by atoms with E-state index < -0.39 is 0 Å². The Balaban J connectivity index is 1.94. The van der Waals surface area contributed by atoms with Crippen molar-refractivity contribution in [2.75, 3.05) is 7.05 Å². The minimum absolute atomic E-state index is 0.475. The Morgan fingerprint density at radius 1 is 1.18 bits per heavy atom. The first-order valence-corrected chi connectivity index (χ1v) is 6.99. The second-order valence-corrected chi connectivity index (χ2v) is 5.20. The summed E-state index contributed by atoms with van der Waals surface area (Å²) >= 11 is 1.77. The highest BCUT2D eigenvalue weighted by Crippen LogP contribution is 2.21. The van der Waals surface area contributed by atoms with Crippen molar-refractivity contribution in [3.63, 3.8) is 0 Å². The maximum absolute atomic E-state index is 3.39. The second-order valence-electron chi connectivity index (χ2n) is 4.42. The van der Waals surface area contributed by atoms with Gasteiger partial charge in [-0.05, 0) is 54.8 Å². The van der Waals surface area contributed by atoms with E-state index >= 15 is 0 Å². The first-order chi connectivity index (χ1) is 8.29. The van der Waals surface area contributed by atoms with Gasteiger partial charge < -0.3 is 5.32 Å². The second kappa shape index (κ2) is 5.99. The van der Waals surface area contributed by atoms with Crippen molar-refractivity contribution in [2.24, 2.45) is 0 Å².